The summed E-state index contributed by atoms with van der Waals surface area (Å²) in [4.78, 5) is 3.02. The molecule has 1 saturated carbocycles. The topological polar surface area (TPSA) is 62.0 Å². The van der Waals surface area contributed by atoms with Crippen molar-refractivity contribution in [2.75, 3.05) is 6.54 Å². The van der Waals surface area contributed by atoms with Crippen molar-refractivity contribution in [1.29, 1.82) is 0 Å². The van der Waals surface area contributed by atoms with Crippen molar-refractivity contribution < 1.29 is 5.11 Å². The first-order chi connectivity index (χ1) is 5.77. The number of hydrogen-bond donors (Lipinski definition) is 3. The van der Waals surface area contributed by atoms with E-state index in [4.69, 9.17) is 5.73 Å². The van der Waals surface area contributed by atoms with Gasteiger partial charge in [0.1, 0.15) is 0 Å². The van der Waals surface area contributed by atoms with E-state index in [0.29, 0.717) is 6.54 Å². The van der Waals surface area contributed by atoms with Gasteiger partial charge in [0.25, 0.3) is 0 Å². The molecule has 1 heterocycles. The third-order valence-corrected chi connectivity index (χ3v) is 2.85. The Labute approximate surface area is 71.6 Å². The lowest BCUT2D eigenvalue weighted by molar-refractivity contribution is 0.0222. The molecule has 66 valence electrons. The maximum atomic E-state index is 9.25. The molecule has 2 rings (SSSR count). The molecule has 0 atom stereocenters. The van der Waals surface area contributed by atoms with E-state index in [0.717, 1.165) is 12.8 Å². The zero-order chi connectivity index (χ0) is 8.60. The SMILES string of the molecule is NCC1(c2cc[nH]c2)CC(O)C1. The molecule has 3 heteroatoms. The Balaban J connectivity index is 2.20. The Morgan fingerprint density at radius 2 is 2.42 bits per heavy atom. The monoisotopic (exact) mass is 166 g/mol. The molecule has 4 N–H and O–H groups in total. The van der Waals surface area contributed by atoms with Crippen LogP contribution >= 0.6 is 0 Å². The third-order valence-electron chi connectivity index (χ3n) is 2.85. The second-order valence-electron chi connectivity index (χ2n) is 3.65. The van der Waals surface area contributed by atoms with Crippen LogP contribution in [0.25, 0.3) is 0 Å². The van der Waals surface area contributed by atoms with Crippen LogP contribution in [0.1, 0.15) is 18.4 Å². The molecule has 0 bridgehead atoms. The number of H-pyrrole nitrogens is 1. The summed E-state index contributed by atoms with van der Waals surface area (Å²) in [7, 11) is 0. The highest BCUT2D eigenvalue weighted by atomic mass is 16.3. The van der Waals surface area contributed by atoms with E-state index in [2.05, 4.69) is 4.98 Å². The van der Waals surface area contributed by atoms with Crippen molar-refractivity contribution in [3.8, 4) is 0 Å². The van der Waals surface area contributed by atoms with Gasteiger partial charge < -0.3 is 15.8 Å². The Morgan fingerprint density at radius 1 is 1.67 bits per heavy atom. The minimum absolute atomic E-state index is 0.0550. The maximum absolute atomic E-state index is 9.25. The molecule has 0 saturated heterocycles. The first kappa shape index (κ1) is 7.83. The van der Waals surface area contributed by atoms with Gasteiger partial charge in [-0.05, 0) is 24.5 Å². The van der Waals surface area contributed by atoms with Crippen LogP contribution in [0.4, 0.5) is 0 Å². The molecule has 1 aromatic heterocycles. The van der Waals surface area contributed by atoms with Crippen LogP contribution in [-0.4, -0.2) is 22.7 Å². The fourth-order valence-electron chi connectivity index (χ4n) is 2.02. The summed E-state index contributed by atoms with van der Waals surface area (Å²) >= 11 is 0. The van der Waals surface area contributed by atoms with E-state index in [1.807, 2.05) is 18.5 Å². The second kappa shape index (κ2) is 2.61. The zero-order valence-corrected chi connectivity index (χ0v) is 6.96. The molecular formula is C9H14N2O. The number of aliphatic hydroxyl groups excluding tert-OH is 1. The second-order valence-corrected chi connectivity index (χ2v) is 3.65. The highest BCUT2D eigenvalue weighted by Crippen LogP contribution is 2.42. The fraction of sp³-hybridized carbons (Fsp3) is 0.556. The number of hydrogen-bond acceptors (Lipinski definition) is 2. The molecule has 0 aliphatic heterocycles. The van der Waals surface area contributed by atoms with Crippen LogP contribution in [0, 0.1) is 0 Å². The van der Waals surface area contributed by atoms with Gasteiger partial charge in [-0.3, -0.25) is 0 Å². The van der Waals surface area contributed by atoms with Crippen LogP contribution in [0.5, 0.6) is 0 Å². The number of aliphatic hydroxyl groups is 1. The lowest BCUT2D eigenvalue weighted by atomic mass is 9.63. The number of aromatic amines is 1. The van der Waals surface area contributed by atoms with Gasteiger partial charge in [0.2, 0.25) is 0 Å². The predicted octanol–water partition coefficient (Wildman–Crippen LogP) is 0.366. The molecule has 0 unspecified atom stereocenters. The van der Waals surface area contributed by atoms with Gasteiger partial charge in [-0.25, -0.2) is 0 Å². The van der Waals surface area contributed by atoms with E-state index in [9.17, 15) is 5.11 Å². The third kappa shape index (κ3) is 0.974. The molecule has 1 aliphatic carbocycles. The lowest BCUT2D eigenvalue weighted by Gasteiger charge is -2.44. The van der Waals surface area contributed by atoms with Crippen LogP contribution in [0.3, 0.4) is 0 Å². The first-order valence-electron chi connectivity index (χ1n) is 4.28. The molecule has 0 aromatic carbocycles. The molecule has 3 nitrogen and oxygen atoms in total. The van der Waals surface area contributed by atoms with Crippen molar-refractivity contribution in [2.45, 2.75) is 24.4 Å². The van der Waals surface area contributed by atoms with Crippen molar-refractivity contribution in [3.63, 3.8) is 0 Å². The summed E-state index contributed by atoms with van der Waals surface area (Å²) in [6.07, 6.45) is 5.34. The molecule has 1 aromatic rings. The number of rotatable bonds is 2. The Kier molecular flexibility index (Phi) is 1.70. The van der Waals surface area contributed by atoms with Gasteiger partial charge in [0.05, 0.1) is 6.10 Å². The lowest BCUT2D eigenvalue weighted by Crippen LogP contribution is -2.49. The van der Waals surface area contributed by atoms with Crippen LogP contribution in [-0.2, 0) is 5.41 Å². The predicted molar refractivity (Wildman–Crippen MR) is 46.8 cm³/mol. The van der Waals surface area contributed by atoms with Crippen LogP contribution < -0.4 is 5.73 Å². The van der Waals surface area contributed by atoms with Crippen molar-refractivity contribution in [1.82, 2.24) is 4.98 Å². The largest absolute Gasteiger partial charge is 0.393 e. The van der Waals surface area contributed by atoms with Gasteiger partial charge in [0.15, 0.2) is 0 Å². The van der Waals surface area contributed by atoms with Crippen LogP contribution in [0.2, 0.25) is 0 Å². The van der Waals surface area contributed by atoms with Crippen molar-refractivity contribution >= 4 is 0 Å². The summed E-state index contributed by atoms with van der Waals surface area (Å²) in [5, 5.41) is 9.25. The summed E-state index contributed by atoms with van der Waals surface area (Å²) in [6, 6.07) is 2.04. The van der Waals surface area contributed by atoms with E-state index in [1.54, 1.807) is 0 Å². The Bertz CT molecular complexity index is 250. The summed E-state index contributed by atoms with van der Waals surface area (Å²) in [5.41, 5.74) is 6.98. The molecule has 1 fully saturated rings. The standard InChI is InChI=1S/C9H14N2O/c10-6-9(3-8(12)4-9)7-1-2-11-5-7/h1-2,5,8,11-12H,3-4,6,10H2. The summed E-state index contributed by atoms with van der Waals surface area (Å²) < 4.78 is 0. The van der Waals surface area contributed by atoms with E-state index in [-0.39, 0.29) is 11.5 Å². The average Bonchev–Trinajstić information content (AvgIpc) is 2.50. The van der Waals surface area contributed by atoms with E-state index in [1.165, 1.54) is 5.56 Å². The minimum atomic E-state index is -0.150. The normalized spacial score (nSPS) is 34.7. The van der Waals surface area contributed by atoms with Gasteiger partial charge >= 0.3 is 0 Å². The van der Waals surface area contributed by atoms with Crippen molar-refractivity contribution in [2.24, 2.45) is 5.73 Å². The number of nitrogens with one attached hydrogen (secondary N) is 1. The van der Waals surface area contributed by atoms with E-state index >= 15 is 0 Å². The zero-order valence-electron chi connectivity index (χ0n) is 6.96. The van der Waals surface area contributed by atoms with E-state index < -0.39 is 0 Å². The Morgan fingerprint density at radius 3 is 2.83 bits per heavy atom. The van der Waals surface area contributed by atoms with Gasteiger partial charge in [-0.15, -0.1) is 0 Å². The summed E-state index contributed by atoms with van der Waals surface area (Å²) in [6.45, 7) is 0.627. The molecule has 0 radical (unpaired) electrons. The fourth-order valence-corrected chi connectivity index (χ4v) is 2.02. The quantitative estimate of drug-likeness (QED) is 0.594. The molecule has 0 spiro atoms. The molecule has 12 heavy (non-hydrogen) atoms. The number of nitrogens with two attached hydrogens (primary N) is 1. The van der Waals surface area contributed by atoms with Crippen molar-refractivity contribution in [3.05, 3.63) is 24.0 Å². The number of aromatic nitrogens is 1. The van der Waals surface area contributed by atoms with Gasteiger partial charge in [-0.2, -0.15) is 0 Å². The minimum Gasteiger partial charge on any atom is -0.393 e. The smallest absolute Gasteiger partial charge is 0.0558 e. The summed E-state index contributed by atoms with van der Waals surface area (Å²) in [5.74, 6) is 0. The average molecular weight is 166 g/mol. The highest BCUT2D eigenvalue weighted by Gasteiger charge is 2.43. The van der Waals surface area contributed by atoms with Gasteiger partial charge in [-0.1, -0.05) is 0 Å². The highest BCUT2D eigenvalue weighted by molar-refractivity contribution is 5.27. The maximum Gasteiger partial charge on any atom is 0.0558 e. The molecule has 0 amide bonds. The molecular weight excluding hydrogens is 152 g/mol. The molecule has 1 aliphatic rings. The van der Waals surface area contributed by atoms with Crippen LogP contribution in [0.15, 0.2) is 18.5 Å². The van der Waals surface area contributed by atoms with Gasteiger partial charge in [0, 0.05) is 24.4 Å². The first-order valence-corrected chi connectivity index (χ1v) is 4.28. The Hall–Kier alpha value is -0.800.